The van der Waals surface area contributed by atoms with Gasteiger partial charge < -0.3 is 28.5 Å². The van der Waals surface area contributed by atoms with Crippen LogP contribution in [0.3, 0.4) is 0 Å². The van der Waals surface area contributed by atoms with Gasteiger partial charge in [-0.05, 0) is 43.3 Å². The van der Waals surface area contributed by atoms with Crippen LogP contribution in [0.1, 0.15) is 6.92 Å². The summed E-state index contributed by atoms with van der Waals surface area (Å²) in [6, 6.07) is 17.2. The lowest BCUT2D eigenvalue weighted by molar-refractivity contribution is 0.367. The maximum Gasteiger partial charge on any atom is 0.270 e. The molecule has 5 rings (SSSR count). The van der Waals surface area contributed by atoms with Gasteiger partial charge in [0, 0.05) is 37.8 Å². The maximum absolute atomic E-state index is 13.4. The standard InChI is InChI=1S/C28H29N5O6S/c1-5-12-32-13-15-33(16-14-32)25-11-6-8-20(29-25)19-17-23(38-4)26-24(18-19)39-30-28(26)31-40(34,35)27-21(36-2)9-7-10-22(27)37-3/h6-11,17-18H,13-16H2,1-4H3,(H,30,31). The molecule has 0 spiro atoms. The van der Waals surface area contributed by atoms with Gasteiger partial charge in [0.2, 0.25) is 0 Å². The number of benzene rings is 2. The van der Waals surface area contributed by atoms with Crippen LogP contribution in [-0.4, -0.2) is 71.0 Å². The van der Waals surface area contributed by atoms with E-state index in [1.807, 2.05) is 25.1 Å². The number of rotatable bonds is 8. The van der Waals surface area contributed by atoms with Crippen LogP contribution in [0.5, 0.6) is 17.2 Å². The minimum absolute atomic E-state index is 0.0267. The summed E-state index contributed by atoms with van der Waals surface area (Å²) in [7, 11) is 0.0804. The van der Waals surface area contributed by atoms with Crippen LogP contribution in [0.2, 0.25) is 0 Å². The number of nitrogens with one attached hydrogen (secondary N) is 1. The van der Waals surface area contributed by atoms with Crippen LogP contribution in [0.4, 0.5) is 11.6 Å². The topological polar surface area (TPSA) is 119 Å². The molecule has 1 aliphatic heterocycles. The Labute approximate surface area is 232 Å². The van der Waals surface area contributed by atoms with Crippen molar-refractivity contribution < 1.29 is 27.2 Å². The first-order valence-corrected chi connectivity index (χ1v) is 14.0. The zero-order chi connectivity index (χ0) is 28.3. The molecule has 40 heavy (non-hydrogen) atoms. The number of nitrogens with zero attached hydrogens (tertiary/aromatic N) is 4. The fourth-order valence-electron chi connectivity index (χ4n) is 4.64. The molecular weight excluding hydrogens is 534 g/mol. The van der Waals surface area contributed by atoms with E-state index >= 15 is 0 Å². The number of pyridine rings is 1. The number of sulfonamides is 1. The zero-order valence-electron chi connectivity index (χ0n) is 22.6. The summed E-state index contributed by atoms with van der Waals surface area (Å²) in [5, 5.41) is 4.37. The van der Waals surface area contributed by atoms with E-state index < -0.39 is 10.0 Å². The highest BCUT2D eigenvalue weighted by Gasteiger charge is 2.28. The molecule has 12 heteroatoms. The molecule has 0 saturated carbocycles. The van der Waals surface area contributed by atoms with E-state index in [0.717, 1.165) is 37.6 Å². The number of methoxy groups -OCH3 is 3. The number of aromatic nitrogens is 2. The summed E-state index contributed by atoms with van der Waals surface area (Å²) in [6.45, 7) is 5.15. The molecular formula is C28H29N5O6S. The number of piperazine rings is 1. The highest BCUT2D eigenvalue weighted by atomic mass is 32.2. The van der Waals surface area contributed by atoms with Gasteiger partial charge in [-0.25, -0.2) is 13.4 Å². The van der Waals surface area contributed by atoms with E-state index in [4.69, 9.17) is 23.7 Å². The number of ether oxygens (including phenoxy) is 3. The highest BCUT2D eigenvalue weighted by molar-refractivity contribution is 7.93. The Kier molecular flexibility index (Phi) is 7.57. The van der Waals surface area contributed by atoms with Crippen molar-refractivity contribution in [2.24, 2.45) is 0 Å². The van der Waals surface area contributed by atoms with Gasteiger partial charge in [0.1, 0.15) is 28.5 Å². The molecule has 1 aliphatic rings. The smallest absolute Gasteiger partial charge is 0.270 e. The van der Waals surface area contributed by atoms with E-state index in [1.165, 1.54) is 33.5 Å². The van der Waals surface area contributed by atoms with E-state index in [-0.39, 0.29) is 22.2 Å². The van der Waals surface area contributed by atoms with Crippen molar-refractivity contribution in [1.82, 2.24) is 15.0 Å². The molecule has 11 nitrogen and oxygen atoms in total. The number of fused-ring (bicyclic) bond motifs is 1. The summed E-state index contributed by atoms with van der Waals surface area (Å²) < 4.78 is 51.1. The Hall–Kier alpha value is -4.63. The molecule has 1 saturated heterocycles. The second-order valence-corrected chi connectivity index (χ2v) is 10.5. The normalized spacial score (nSPS) is 13.5. The fraction of sp³-hybridized carbons (Fsp3) is 0.286. The van der Waals surface area contributed by atoms with Crippen LogP contribution in [-0.2, 0) is 10.0 Å². The summed E-state index contributed by atoms with van der Waals surface area (Å²) in [5.74, 6) is 4.40. The van der Waals surface area contributed by atoms with Crippen molar-refractivity contribution in [1.29, 1.82) is 0 Å². The minimum Gasteiger partial charge on any atom is -0.496 e. The molecule has 2 aromatic heterocycles. The molecule has 208 valence electrons. The summed E-state index contributed by atoms with van der Waals surface area (Å²) in [6.07, 6.45) is 0. The molecule has 0 unspecified atom stereocenters. The maximum atomic E-state index is 13.4. The minimum atomic E-state index is -4.18. The van der Waals surface area contributed by atoms with Gasteiger partial charge in [0.15, 0.2) is 16.3 Å². The summed E-state index contributed by atoms with van der Waals surface area (Å²) in [4.78, 5) is 9.05. The van der Waals surface area contributed by atoms with Crippen LogP contribution in [0.15, 0.2) is 57.9 Å². The quantitative estimate of drug-likeness (QED) is 0.317. The van der Waals surface area contributed by atoms with Gasteiger partial charge in [-0.1, -0.05) is 23.2 Å². The lowest BCUT2D eigenvalue weighted by Gasteiger charge is -2.33. The van der Waals surface area contributed by atoms with Crippen molar-refractivity contribution >= 4 is 32.6 Å². The molecule has 1 fully saturated rings. The average Bonchev–Trinajstić information content (AvgIpc) is 3.38. The van der Waals surface area contributed by atoms with Crippen molar-refractivity contribution in [3.63, 3.8) is 0 Å². The second kappa shape index (κ2) is 11.2. The molecule has 0 aliphatic carbocycles. The lowest BCUT2D eigenvalue weighted by Crippen LogP contribution is -2.44. The van der Waals surface area contributed by atoms with Gasteiger partial charge in [-0.15, -0.1) is 0 Å². The van der Waals surface area contributed by atoms with Gasteiger partial charge >= 0.3 is 0 Å². The predicted molar refractivity (Wildman–Crippen MR) is 151 cm³/mol. The van der Waals surface area contributed by atoms with Crippen molar-refractivity contribution in [3.05, 3.63) is 48.5 Å². The van der Waals surface area contributed by atoms with Gasteiger partial charge in [-0.2, -0.15) is 0 Å². The zero-order valence-corrected chi connectivity index (χ0v) is 23.4. The first-order valence-electron chi connectivity index (χ1n) is 12.5. The molecule has 3 heterocycles. The Bertz CT molecular complexity index is 1680. The first kappa shape index (κ1) is 27.0. The van der Waals surface area contributed by atoms with E-state index in [2.05, 4.69) is 31.6 Å². The number of anilines is 2. The Morgan fingerprint density at radius 1 is 0.925 bits per heavy atom. The highest BCUT2D eigenvalue weighted by Crippen LogP contribution is 2.39. The Morgan fingerprint density at radius 3 is 2.25 bits per heavy atom. The second-order valence-electron chi connectivity index (χ2n) is 8.90. The molecule has 0 amide bonds. The largest absolute Gasteiger partial charge is 0.496 e. The third-order valence-corrected chi connectivity index (χ3v) is 7.95. The van der Waals surface area contributed by atoms with E-state index in [9.17, 15) is 8.42 Å². The van der Waals surface area contributed by atoms with E-state index in [1.54, 1.807) is 18.2 Å². The van der Waals surface area contributed by atoms with E-state index in [0.29, 0.717) is 22.4 Å². The molecule has 1 N–H and O–H groups in total. The fourth-order valence-corrected chi connectivity index (χ4v) is 5.97. The third kappa shape index (κ3) is 5.15. The summed E-state index contributed by atoms with van der Waals surface area (Å²) in [5.41, 5.74) is 1.78. The number of hydrogen-bond acceptors (Lipinski definition) is 10. The van der Waals surface area contributed by atoms with Crippen molar-refractivity contribution in [2.45, 2.75) is 11.8 Å². The summed E-state index contributed by atoms with van der Waals surface area (Å²) >= 11 is 0. The van der Waals surface area contributed by atoms with Gasteiger partial charge in [0.25, 0.3) is 10.0 Å². The average molecular weight is 564 g/mol. The molecule has 4 aromatic rings. The SMILES string of the molecule is CC#CN1CCN(c2cccc(-c3cc(OC)c4c(NS(=O)(=O)c5c(OC)cccc5OC)noc4c3)n2)CC1. The predicted octanol–water partition coefficient (Wildman–Crippen LogP) is 3.82. The van der Waals surface area contributed by atoms with Crippen molar-refractivity contribution in [3.8, 4) is 40.5 Å². The molecule has 0 atom stereocenters. The molecule has 2 aromatic carbocycles. The lowest BCUT2D eigenvalue weighted by atomic mass is 10.1. The van der Waals surface area contributed by atoms with Gasteiger partial charge in [-0.3, -0.25) is 4.72 Å². The van der Waals surface area contributed by atoms with Gasteiger partial charge in [0.05, 0.1) is 27.0 Å². The van der Waals surface area contributed by atoms with Crippen LogP contribution < -0.4 is 23.8 Å². The number of hydrogen-bond donors (Lipinski definition) is 1. The Balaban J connectivity index is 1.47. The van der Waals surface area contributed by atoms with Crippen LogP contribution >= 0.6 is 0 Å². The Morgan fingerprint density at radius 2 is 1.60 bits per heavy atom. The molecule has 0 bridgehead atoms. The third-order valence-electron chi connectivity index (χ3n) is 6.54. The molecule has 0 radical (unpaired) electrons. The monoisotopic (exact) mass is 563 g/mol. The van der Waals surface area contributed by atoms with Crippen molar-refractivity contribution in [2.75, 3.05) is 57.1 Å². The van der Waals surface area contributed by atoms with Crippen LogP contribution in [0.25, 0.3) is 22.2 Å². The van der Waals surface area contributed by atoms with Crippen LogP contribution in [0, 0.1) is 12.0 Å². The first-order chi connectivity index (χ1) is 19.4.